The number of unbranched alkanes of at least 4 members (excludes halogenated alkanes) is 2. The molecule has 0 saturated heterocycles. The van der Waals surface area contributed by atoms with E-state index < -0.39 is 17.8 Å². The van der Waals surface area contributed by atoms with Crippen molar-refractivity contribution in [3.05, 3.63) is 0 Å². The maximum atomic E-state index is 13.2. The molecule has 164 valence electrons. The first kappa shape index (κ1) is 22.8. The molecule has 3 aliphatic rings. The van der Waals surface area contributed by atoms with Crippen molar-refractivity contribution >= 4 is 5.78 Å². The molecule has 29 heavy (non-hydrogen) atoms. The average molecular weight is 405 g/mol. The number of hydrogen-bond donors (Lipinski definition) is 2. The molecule has 4 heteroatoms. The number of fused-ring (bicyclic) bond motifs is 1. The second-order valence-corrected chi connectivity index (χ2v) is 9.49. The highest BCUT2D eigenvalue weighted by molar-refractivity contribution is 5.97. The summed E-state index contributed by atoms with van der Waals surface area (Å²) >= 11 is 0. The predicted molar refractivity (Wildman–Crippen MR) is 114 cm³/mol. The van der Waals surface area contributed by atoms with E-state index in [0.29, 0.717) is 19.4 Å². The van der Waals surface area contributed by atoms with Crippen molar-refractivity contribution in [2.45, 2.75) is 109 Å². The number of hydrogen-bond acceptors (Lipinski definition) is 4. The molecule has 4 nitrogen and oxygen atoms in total. The van der Waals surface area contributed by atoms with E-state index in [0.717, 1.165) is 44.9 Å². The molecule has 0 amide bonds. The summed E-state index contributed by atoms with van der Waals surface area (Å²) in [6.45, 7) is 4.86. The average Bonchev–Trinajstić information content (AvgIpc) is 2.75. The number of Topliss-reactive ketones (excluding diaryl/α,β-unsaturated/α-hetero) is 1. The van der Waals surface area contributed by atoms with E-state index in [1.165, 1.54) is 19.3 Å². The topological polar surface area (TPSA) is 66.8 Å². The van der Waals surface area contributed by atoms with Crippen LogP contribution in [-0.2, 0) is 9.53 Å². The maximum Gasteiger partial charge on any atom is 0.168 e. The molecule has 0 aromatic heterocycles. The molecule has 3 aliphatic carbocycles. The van der Waals surface area contributed by atoms with Crippen LogP contribution in [0.4, 0.5) is 0 Å². The fourth-order valence-electron chi connectivity index (χ4n) is 5.79. The number of aliphatic hydroxyl groups is 2. The molecular weight excluding hydrogens is 364 g/mol. The van der Waals surface area contributed by atoms with Gasteiger partial charge in [0.05, 0.1) is 12.0 Å². The van der Waals surface area contributed by atoms with E-state index in [1.807, 2.05) is 0 Å². The Morgan fingerprint density at radius 3 is 2.55 bits per heavy atom. The van der Waals surface area contributed by atoms with Crippen LogP contribution in [-0.4, -0.2) is 40.4 Å². The number of carbonyl (C=O) groups excluding carboxylic acids is 1. The van der Waals surface area contributed by atoms with Crippen LogP contribution in [0.25, 0.3) is 0 Å². The molecule has 0 aromatic rings. The van der Waals surface area contributed by atoms with Crippen LogP contribution in [0.1, 0.15) is 90.9 Å². The van der Waals surface area contributed by atoms with Gasteiger partial charge in [0.2, 0.25) is 0 Å². The largest absolute Gasteiger partial charge is 0.392 e. The van der Waals surface area contributed by atoms with Crippen molar-refractivity contribution < 1.29 is 19.7 Å². The van der Waals surface area contributed by atoms with Crippen molar-refractivity contribution in [3.8, 4) is 11.8 Å². The highest BCUT2D eigenvalue weighted by Gasteiger charge is 2.67. The summed E-state index contributed by atoms with van der Waals surface area (Å²) in [5, 5.41) is 21.4. The molecule has 0 radical (unpaired) electrons. The predicted octanol–water partition coefficient (Wildman–Crippen LogP) is 4.26. The first-order valence-electron chi connectivity index (χ1n) is 12.1. The lowest BCUT2D eigenvalue weighted by Gasteiger charge is -2.58. The minimum Gasteiger partial charge on any atom is -0.392 e. The van der Waals surface area contributed by atoms with Crippen LogP contribution >= 0.6 is 0 Å². The molecule has 0 heterocycles. The summed E-state index contributed by atoms with van der Waals surface area (Å²) in [6, 6.07) is 0. The van der Waals surface area contributed by atoms with Gasteiger partial charge in [-0.1, -0.05) is 64.2 Å². The van der Waals surface area contributed by atoms with Crippen molar-refractivity contribution in [1.29, 1.82) is 0 Å². The first-order valence-corrected chi connectivity index (χ1v) is 12.1. The Hall–Kier alpha value is -0.890. The number of ether oxygens (including phenoxy) is 1. The lowest BCUT2D eigenvalue weighted by molar-refractivity contribution is -0.216. The van der Waals surface area contributed by atoms with E-state index in [4.69, 9.17) is 4.74 Å². The summed E-state index contributed by atoms with van der Waals surface area (Å²) in [5.41, 5.74) is -0.748. The molecule has 0 spiro atoms. The Labute approximate surface area is 176 Å². The van der Waals surface area contributed by atoms with E-state index in [2.05, 4.69) is 25.7 Å². The van der Waals surface area contributed by atoms with Crippen molar-refractivity contribution in [1.82, 2.24) is 0 Å². The van der Waals surface area contributed by atoms with Crippen LogP contribution in [0.15, 0.2) is 0 Å². The number of carbonyl (C=O) groups is 1. The maximum absolute atomic E-state index is 13.2. The molecular formula is C25H40O4. The third-order valence-electron chi connectivity index (χ3n) is 7.56. The van der Waals surface area contributed by atoms with Gasteiger partial charge in [-0.05, 0) is 44.4 Å². The van der Waals surface area contributed by atoms with E-state index >= 15 is 0 Å². The van der Waals surface area contributed by atoms with Gasteiger partial charge in [0.15, 0.2) is 5.78 Å². The van der Waals surface area contributed by atoms with Gasteiger partial charge in [0, 0.05) is 18.4 Å². The van der Waals surface area contributed by atoms with Gasteiger partial charge in [-0.3, -0.25) is 4.79 Å². The molecule has 3 saturated carbocycles. The van der Waals surface area contributed by atoms with Gasteiger partial charge in [0.25, 0.3) is 0 Å². The lowest BCUT2D eigenvalue weighted by atomic mass is 9.49. The minimum absolute atomic E-state index is 0.0341. The van der Waals surface area contributed by atoms with Crippen molar-refractivity contribution in [2.75, 3.05) is 6.61 Å². The van der Waals surface area contributed by atoms with Crippen molar-refractivity contribution in [3.63, 3.8) is 0 Å². The Morgan fingerprint density at radius 1 is 1.14 bits per heavy atom. The Morgan fingerprint density at radius 2 is 1.86 bits per heavy atom. The Balaban J connectivity index is 1.78. The Bertz CT molecular complexity index is 600. The fraction of sp³-hybridized carbons (Fsp3) is 0.880. The second kappa shape index (κ2) is 10.4. The first-order chi connectivity index (χ1) is 14.0. The highest BCUT2D eigenvalue weighted by Crippen LogP contribution is 2.56. The van der Waals surface area contributed by atoms with Crippen LogP contribution in [0, 0.1) is 35.5 Å². The zero-order valence-electron chi connectivity index (χ0n) is 18.4. The number of ketones is 1. The van der Waals surface area contributed by atoms with Gasteiger partial charge in [-0.25, -0.2) is 0 Å². The van der Waals surface area contributed by atoms with Crippen LogP contribution < -0.4 is 0 Å². The SMILES string of the molecule is CCCCO[C@]12CC[C@@H](O)[C@H](C#C[C@@H](O)C3CCCCC3)[C@H]1C(CCCC)C2=O. The molecule has 0 bridgehead atoms. The van der Waals surface area contributed by atoms with E-state index in [1.54, 1.807) is 0 Å². The summed E-state index contributed by atoms with van der Waals surface area (Å²) in [5.74, 6) is 6.47. The van der Waals surface area contributed by atoms with Gasteiger partial charge < -0.3 is 14.9 Å². The number of aliphatic hydroxyl groups excluding tert-OH is 2. The lowest BCUT2D eigenvalue weighted by Crippen LogP contribution is -2.70. The highest BCUT2D eigenvalue weighted by atomic mass is 16.5. The third-order valence-corrected chi connectivity index (χ3v) is 7.56. The van der Waals surface area contributed by atoms with Gasteiger partial charge in [-0.2, -0.15) is 0 Å². The normalized spacial score (nSPS) is 35.9. The van der Waals surface area contributed by atoms with Crippen LogP contribution in [0.2, 0.25) is 0 Å². The van der Waals surface area contributed by atoms with Crippen LogP contribution in [0.3, 0.4) is 0 Å². The molecule has 0 aliphatic heterocycles. The smallest absolute Gasteiger partial charge is 0.168 e. The van der Waals surface area contributed by atoms with Gasteiger partial charge >= 0.3 is 0 Å². The summed E-state index contributed by atoms with van der Waals surface area (Å²) in [4.78, 5) is 13.2. The van der Waals surface area contributed by atoms with E-state index in [9.17, 15) is 15.0 Å². The van der Waals surface area contributed by atoms with E-state index in [-0.39, 0.29) is 29.5 Å². The fourth-order valence-corrected chi connectivity index (χ4v) is 5.79. The summed E-state index contributed by atoms with van der Waals surface area (Å²) in [6.07, 6.45) is 10.6. The second-order valence-electron chi connectivity index (χ2n) is 9.49. The molecule has 3 fully saturated rings. The molecule has 1 unspecified atom stereocenters. The van der Waals surface area contributed by atoms with Gasteiger partial charge in [-0.15, -0.1) is 0 Å². The zero-order valence-corrected chi connectivity index (χ0v) is 18.4. The molecule has 6 atom stereocenters. The van der Waals surface area contributed by atoms with Crippen LogP contribution in [0.5, 0.6) is 0 Å². The summed E-state index contributed by atoms with van der Waals surface area (Å²) < 4.78 is 6.24. The van der Waals surface area contributed by atoms with Crippen molar-refractivity contribution in [2.24, 2.45) is 23.7 Å². The zero-order chi connectivity index (χ0) is 20.9. The molecule has 3 rings (SSSR count). The quantitative estimate of drug-likeness (QED) is 0.468. The summed E-state index contributed by atoms with van der Waals surface area (Å²) in [7, 11) is 0. The third kappa shape index (κ3) is 4.73. The minimum atomic E-state index is -0.748. The molecule has 2 N–H and O–H groups in total. The standard InChI is InChI=1S/C25H40O4/c1-3-5-12-20-23-19(13-14-21(26)18-10-8-7-9-11-18)22(27)15-16-25(23,24(20)28)29-17-6-4-2/h18-23,26-27H,3-12,15-17H2,1-2H3/t19-,20?,21+,22+,23-,25+/m0/s1. The number of rotatable bonds is 8. The molecule has 0 aromatic carbocycles. The monoisotopic (exact) mass is 404 g/mol. The van der Waals surface area contributed by atoms with Gasteiger partial charge in [0.1, 0.15) is 11.7 Å². The Kier molecular flexibility index (Phi) is 8.19.